The molecule has 1 aliphatic rings. The second kappa shape index (κ2) is 5.31. The van der Waals surface area contributed by atoms with Crippen molar-refractivity contribution in [3.05, 3.63) is 40.4 Å². The van der Waals surface area contributed by atoms with E-state index in [9.17, 15) is 0 Å². The molecule has 21 heavy (non-hydrogen) atoms. The Hall–Kier alpha value is -1.59. The van der Waals surface area contributed by atoms with E-state index in [0.717, 1.165) is 25.0 Å². The van der Waals surface area contributed by atoms with Crippen molar-refractivity contribution in [3.8, 4) is 5.75 Å². The Labute approximate surface area is 129 Å². The number of ether oxygens (including phenoxy) is 1. The van der Waals surface area contributed by atoms with Crippen LogP contribution in [0.25, 0.3) is 0 Å². The number of benzene rings is 1. The van der Waals surface area contributed by atoms with Crippen molar-refractivity contribution < 1.29 is 4.74 Å². The minimum atomic E-state index is -0.0134. The summed E-state index contributed by atoms with van der Waals surface area (Å²) >= 11 is 1.62. The average molecular weight is 303 g/mol. The molecule has 2 aromatic rings. The average Bonchev–Trinajstić information content (AvgIpc) is 2.85. The largest absolute Gasteiger partial charge is 0.497 e. The van der Waals surface area contributed by atoms with Gasteiger partial charge >= 0.3 is 0 Å². The molecule has 3 rings (SSSR count). The van der Waals surface area contributed by atoms with Gasteiger partial charge in [0, 0.05) is 11.3 Å². The van der Waals surface area contributed by atoms with Crippen LogP contribution in [0.5, 0.6) is 5.75 Å². The van der Waals surface area contributed by atoms with E-state index in [4.69, 9.17) is 10.5 Å². The molecule has 1 aromatic heterocycles. The number of hydrogen-bond donors (Lipinski definition) is 1. The molecule has 4 nitrogen and oxygen atoms in total. The Kier molecular flexibility index (Phi) is 3.63. The maximum atomic E-state index is 5.88. The molecule has 1 aromatic carbocycles. The van der Waals surface area contributed by atoms with Gasteiger partial charge in [-0.1, -0.05) is 12.1 Å². The number of nitrogens with zero attached hydrogens (tertiary/aromatic N) is 2. The molecule has 1 heterocycles. The Morgan fingerprint density at radius 1 is 1.38 bits per heavy atom. The summed E-state index contributed by atoms with van der Waals surface area (Å²) in [5.41, 5.74) is 8.34. The summed E-state index contributed by atoms with van der Waals surface area (Å²) in [7, 11) is 6.01. The van der Waals surface area contributed by atoms with Gasteiger partial charge in [-0.3, -0.25) is 4.90 Å². The number of aromatic nitrogens is 1. The van der Waals surface area contributed by atoms with E-state index in [1.54, 1.807) is 18.4 Å². The van der Waals surface area contributed by atoms with Crippen molar-refractivity contribution in [1.82, 2.24) is 9.88 Å². The van der Waals surface area contributed by atoms with Crippen molar-refractivity contribution in [3.63, 3.8) is 0 Å². The zero-order valence-corrected chi connectivity index (χ0v) is 13.5. The molecule has 1 aliphatic carbocycles. The van der Waals surface area contributed by atoms with Crippen molar-refractivity contribution >= 4 is 16.5 Å². The highest BCUT2D eigenvalue weighted by Gasteiger charge is 2.39. The Morgan fingerprint density at radius 3 is 2.90 bits per heavy atom. The predicted molar refractivity (Wildman–Crippen MR) is 86.9 cm³/mol. The molecule has 112 valence electrons. The van der Waals surface area contributed by atoms with Crippen molar-refractivity contribution in [2.45, 2.75) is 24.8 Å². The fourth-order valence-electron chi connectivity index (χ4n) is 3.21. The number of thiazole rings is 1. The molecule has 0 saturated heterocycles. The maximum absolute atomic E-state index is 5.88. The lowest BCUT2D eigenvalue weighted by Gasteiger charge is -2.43. The van der Waals surface area contributed by atoms with Gasteiger partial charge in [0.1, 0.15) is 5.75 Å². The Morgan fingerprint density at radius 2 is 2.19 bits per heavy atom. The van der Waals surface area contributed by atoms with Gasteiger partial charge in [0.2, 0.25) is 0 Å². The van der Waals surface area contributed by atoms with E-state index < -0.39 is 0 Å². The van der Waals surface area contributed by atoms with Crippen LogP contribution in [-0.4, -0.2) is 31.1 Å². The molecule has 0 spiro atoms. The van der Waals surface area contributed by atoms with Crippen LogP contribution in [0.15, 0.2) is 24.3 Å². The van der Waals surface area contributed by atoms with Gasteiger partial charge in [-0.05, 0) is 44.6 Å². The summed E-state index contributed by atoms with van der Waals surface area (Å²) in [4.78, 5) is 8.09. The van der Waals surface area contributed by atoms with Crippen molar-refractivity contribution in [2.24, 2.45) is 0 Å². The van der Waals surface area contributed by atoms with E-state index in [2.05, 4.69) is 42.2 Å². The lowest BCUT2D eigenvalue weighted by Crippen LogP contribution is -2.45. The summed E-state index contributed by atoms with van der Waals surface area (Å²) in [5, 5.41) is 0.681. The molecule has 2 N–H and O–H groups in total. The van der Waals surface area contributed by atoms with E-state index in [1.165, 1.54) is 16.1 Å². The number of likely N-dealkylation sites (N-methyl/N-ethyl adjacent to an activating group) is 1. The SMILES string of the molecule is COc1cccc(C2(N(C)C)CCc3nc(N)sc3C2)c1. The third-order valence-corrected chi connectivity index (χ3v) is 5.41. The molecular weight excluding hydrogens is 282 g/mol. The summed E-state index contributed by atoms with van der Waals surface area (Å²) in [6.07, 6.45) is 2.97. The van der Waals surface area contributed by atoms with Crippen LogP contribution >= 0.6 is 11.3 Å². The summed E-state index contributed by atoms with van der Waals surface area (Å²) in [6, 6.07) is 8.40. The second-order valence-electron chi connectivity index (χ2n) is 5.76. The number of anilines is 1. The molecule has 1 unspecified atom stereocenters. The Balaban J connectivity index is 2.05. The predicted octanol–water partition coefficient (Wildman–Crippen LogP) is 2.68. The number of nitrogen functional groups attached to an aromatic ring is 1. The summed E-state index contributed by atoms with van der Waals surface area (Å²) in [5.74, 6) is 0.906. The van der Waals surface area contributed by atoms with Crippen LogP contribution in [0, 0.1) is 0 Å². The van der Waals surface area contributed by atoms with E-state index in [0.29, 0.717) is 5.13 Å². The first kappa shape index (κ1) is 14.4. The molecular formula is C16H21N3OS. The Bertz CT molecular complexity index is 653. The van der Waals surface area contributed by atoms with Crippen LogP contribution in [-0.2, 0) is 18.4 Å². The first-order valence-electron chi connectivity index (χ1n) is 7.11. The summed E-state index contributed by atoms with van der Waals surface area (Å²) in [6.45, 7) is 0. The minimum Gasteiger partial charge on any atom is -0.497 e. The highest BCUT2D eigenvalue weighted by atomic mass is 32.1. The van der Waals surface area contributed by atoms with Gasteiger partial charge in [0.25, 0.3) is 0 Å². The van der Waals surface area contributed by atoms with Gasteiger partial charge in [-0.15, -0.1) is 11.3 Å². The molecule has 5 heteroatoms. The highest BCUT2D eigenvalue weighted by Crippen LogP contribution is 2.43. The quantitative estimate of drug-likeness (QED) is 0.947. The fourth-order valence-corrected chi connectivity index (χ4v) is 4.20. The van der Waals surface area contributed by atoms with Gasteiger partial charge in [-0.2, -0.15) is 0 Å². The monoisotopic (exact) mass is 303 g/mol. The minimum absolute atomic E-state index is 0.0134. The first-order valence-corrected chi connectivity index (χ1v) is 7.93. The molecule has 0 fully saturated rings. The third kappa shape index (κ3) is 2.40. The lowest BCUT2D eigenvalue weighted by molar-refractivity contribution is 0.130. The molecule has 0 radical (unpaired) electrons. The van der Waals surface area contributed by atoms with Crippen LogP contribution in [0.3, 0.4) is 0 Å². The van der Waals surface area contributed by atoms with Gasteiger partial charge in [-0.25, -0.2) is 4.98 Å². The van der Waals surface area contributed by atoms with Crippen LogP contribution in [0.2, 0.25) is 0 Å². The zero-order valence-electron chi connectivity index (χ0n) is 12.7. The second-order valence-corrected chi connectivity index (χ2v) is 6.87. The van der Waals surface area contributed by atoms with Crippen LogP contribution in [0.1, 0.15) is 22.6 Å². The summed E-state index contributed by atoms with van der Waals surface area (Å²) < 4.78 is 5.40. The molecule has 1 atom stereocenters. The lowest BCUT2D eigenvalue weighted by atomic mass is 9.77. The molecule has 0 amide bonds. The first-order chi connectivity index (χ1) is 10.0. The third-order valence-electron chi connectivity index (χ3n) is 4.49. The normalized spacial score (nSPS) is 21.3. The van der Waals surface area contributed by atoms with E-state index in [-0.39, 0.29) is 5.54 Å². The van der Waals surface area contributed by atoms with E-state index >= 15 is 0 Å². The fraction of sp³-hybridized carbons (Fsp3) is 0.438. The van der Waals surface area contributed by atoms with Crippen LogP contribution < -0.4 is 10.5 Å². The molecule has 0 saturated carbocycles. The number of nitrogens with two attached hydrogens (primary N) is 1. The number of hydrogen-bond acceptors (Lipinski definition) is 5. The van der Waals surface area contributed by atoms with Gasteiger partial charge in [0.15, 0.2) is 5.13 Å². The van der Waals surface area contributed by atoms with E-state index in [1.807, 2.05) is 6.07 Å². The highest BCUT2D eigenvalue weighted by molar-refractivity contribution is 7.15. The van der Waals surface area contributed by atoms with Crippen LogP contribution in [0.4, 0.5) is 5.13 Å². The standard InChI is InChI=1S/C16H21N3OS/c1-19(2)16(11-5-4-6-12(9-11)20-3)8-7-13-14(10-16)21-15(17)18-13/h4-6,9H,7-8,10H2,1-3H3,(H2,17,18). The van der Waals surface area contributed by atoms with Crippen molar-refractivity contribution in [1.29, 1.82) is 0 Å². The van der Waals surface area contributed by atoms with Gasteiger partial charge < -0.3 is 10.5 Å². The number of fused-ring (bicyclic) bond motifs is 1. The number of aryl methyl sites for hydroxylation is 1. The maximum Gasteiger partial charge on any atom is 0.180 e. The number of rotatable bonds is 3. The van der Waals surface area contributed by atoms with Gasteiger partial charge in [0.05, 0.1) is 18.3 Å². The molecule has 0 bridgehead atoms. The smallest absolute Gasteiger partial charge is 0.180 e. The zero-order chi connectivity index (χ0) is 15.0. The molecule has 0 aliphatic heterocycles. The number of methoxy groups -OCH3 is 1. The van der Waals surface area contributed by atoms with Crippen molar-refractivity contribution in [2.75, 3.05) is 26.9 Å². The topological polar surface area (TPSA) is 51.4 Å².